The van der Waals surface area contributed by atoms with Crippen molar-refractivity contribution in [1.82, 2.24) is 5.01 Å². The number of nitrogens with zero attached hydrogens (tertiary/aromatic N) is 5. The van der Waals surface area contributed by atoms with Gasteiger partial charge in [-0.1, -0.05) is 35.4 Å². The van der Waals surface area contributed by atoms with E-state index in [1.165, 1.54) is 6.21 Å². The van der Waals surface area contributed by atoms with Gasteiger partial charge in [0.25, 0.3) is 0 Å². The van der Waals surface area contributed by atoms with Gasteiger partial charge < -0.3 is 4.74 Å². The number of carbonyl (C=O) groups excluding carboxylic acids is 2. The molecular formula is C13H15N5O3. The summed E-state index contributed by atoms with van der Waals surface area (Å²) in [5, 5.41) is 8.17. The van der Waals surface area contributed by atoms with Crippen LogP contribution in [-0.4, -0.2) is 42.8 Å². The first-order chi connectivity index (χ1) is 10.2. The van der Waals surface area contributed by atoms with Gasteiger partial charge in [-0.15, -0.1) is 0 Å². The molecule has 1 aromatic rings. The smallest absolute Gasteiger partial charge is 0.398 e. The van der Waals surface area contributed by atoms with Crippen LogP contribution < -0.4 is 0 Å². The maximum atomic E-state index is 11.9. The molecule has 0 spiro atoms. The highest BCUT2D eigenvalue weighted by atomic mass is 16.5. The van der Waals surface area contributed by atoms with Crippen LogP contribution in [0.5, 0.6) is 0 Å². The Hall–Kier alpha value is -2.86. The van der Waals surface area contributed by atoms with Gasteiger partial charge in [0.15, 0.2) is 0 Å². The van der Waals surface area contributed by atoms with E-state index in [4.69, 9.17) is 5.53 Å². The van der Waals surface area contributed by atoms with E-state index in [0.29, 0.717) is 0 Å². The van der Waals surface area contributed by atoms with Crippen molar-refractivity contribution in [2.45, 2.75) is 6.92 Å². The van der Waals surface area contributed by atoms with Crippen LogP contribution in [0.3, 0.4) is 0 Å². The number of amides is 1. The molecule has 0 aliphatic carbocycles. The van der Waals surface area contributed by atoms with Gasteiger partial charge in [0.2, 0.25) is 0 Å². The molecule has 1 rings (SSSR count). The van der Waals surface area contributed by atoms with Crippen molar-refractivity contribution in [2.75, 3.05) is 19.7 Å². The fourth-order valence-electron chi connectivity index (χ4n) is 1.37. The number of carbonyl (C=O) groups is 2. The summed E-state index contributed by atoms with van der Waals surface area (Å²) in [4.78, 5) is 25.9. The van der Waals surface area contributed by atoms with Crippen molar-refractivity contribution >= 4 is 18.1 Å². The molecule has 0 heterocycles. The SMILES string of the molecule is CCOC(=O)C(=O)N(CCN=[N+]=[N-])N=Cc1ccccc1. The standard InChI is InChI=1S/C13H15N5O3/c1-2-21-13(20)12(19)18(9-8-15-17-14)16-10-11-6-4-3-5-7-11/h3-7,10H,2,8-9H2,1H3. The maximum absolute atomic E-state index is 11.9. The number of ether oxygens (including phenoxy) is 1. The Morgan fingerprint density at radius 3 is 2.71 bits per heavy atom. The van der Waals surface area contributed by atoms with Crippen molar-refractivity contribution in [2.24, 2.45) is 10.2 Å². The quantitative estimate of drug-likeness (QED) is 0.151. The molecule has 110 valence electrons. The monoisotopic (exact) mass is 289 g/mol. The van der Waals surface area contributed by atoms with Crippen LogP contribution in [0.25, 0.3) is 10.4 Å². The molecule has 0 saturated heterocycles. The number of hydrazone groups is 1. The molecule has 21 heavy (non-hydrogen) atoms. The van der Waals surface area contributed by atoms with Crippen LogP contribution in [0.15, 0.2) is 40.5 Å². The Bertz CT molecular complexity index is 552. The van der Waals surface area contributed by atoms with E-state index in [1.54, 1.807) is 19.1 Å². The van der Waals surface area contributed by atoms with Crippen molar-refractivity contribution in [3.8, 4) is 0 Å². The van der Waals surface area contributed by atoms with Gasteiger partial charge >= 0.3 is 11.9 Å². The highest BCUT2D eigenvalue weighted by molar-refractivity contribution is 6.32. The summed E-state index contributed by atoms with van der Waals surface area (Å²) in [5.41, 5.74) is 9.01. The van der Waals surface area contributed by atoms with E-state index in [1.807, 2.05) is 18.2 Å². The highest BCUT2D eigenvalue weighted by Gasteiger charge is 2.22. The molecule has 0 radical (unpaired) electrons. The summed E-state index contributed by atoms with van der Waals surface area (Å²) >= 11 is 0. The molecule has 0 aliphatic heterocycles. The molecule has 8 heteroatoms. The average Bonchev–Trinajstić information content (AvgIpc) is 2.51. The van der Waals surface area contributed by atoms with Gasteiger partial charge in [0.1, 0.15) is 0 Å². The van der Waals surface area contributed by atoms with E-state index in [2.05, 4.69) is 19.9 Å². The Kier molecular flexibility index (Phi) is 7.02. The third-order valence-electron chi connectivity index (χ3n) is 2.31. The lowest BCUT2D eigenvalue weighted by molar-refractivity contribution is -0.159. The predicted molar refractivity (Wildman–Crippen MR) is 76.4 cm³/mol. The first kappa shape index (κ1) is 16.2. The Balaban J connectivity index is 2.81. The van der Waals surface area contributed by atoms with Gasteiger partial charge in [-0.2, -0.15) is 5.10 Å². The Labute approximate surface area is 121 Å². The summed E-state index contributed by atoms with van der Waals surface area (Å²) in [6.07, 6.45) is 1.44. The highest BCUT2D eigenvalue weighted by Crippen LogP contribution is 1.99. The second-order valence-corrected chi connectivity index (χ2v) is 3.76. The van der Waals surface area contributed by atoms with Gasteiger partial charge in [-0.3, -0.25) is 4.79 Å². The van der Waals surface area contributed by atoms with E-state index < -0.39 is 11.9 Å². The zero-order chi connectivity index (χ0) is 15.5. The molecule has 1 aromatic carbocycles. The lowest BCUT2D eigenvalue weighted by atomic mass is 10.2. The Morgan fingerprint density at radius 2 is 2.10 bits per heavy atom. The molecule has 0 aromatic heterocycles. The fraction of sp³-hybridized carbons (Fsp3) is 0.308. The van der Waals surface area contributed by atoms with E-state index in [-0.39, 0.29) is 19.7 Å². The summed E-state index contributed by atoms with van der Waals surface area (Å²) in [6, 6.07) is 9.08. The fourth-order valence-corrected chi connectivity index (χ4v) is 1.37. The van der Waals surface area contributed by atoms with Crippen molar-refractivity contribution in [3.63, 3.8) is 0 Å². The molecule has 8 nitrogen and oxygen atoms in total. The molecular weight excluding hydrogens is 274 g/mol. The van der Waals surface area contributed by atoms with Crippen LogP contribution >= 0.6 is 0 Å². The predicted octanol–water partition coefficient (Wildman–Crippen LogP) is 1.72. The molecule has 0 bridgehead atoms. The first-order valence-electron chi connectivity index (χ1n) is 6.27. The van der Waals surface area contributed by atoms with Crippen molar-refractivity contribution in [3.05, 3.63) is 46.3 Å². The maximum Gasteiger partial charge on any atom is 0.398 e. The van der Waals surface area contributed by atoms with E-state index in [9.17, 15) is 9.59 Å². The minimum absolute atomic E-state index is 0.00771. The van der Waals surface area contributed by atoms with Crippen LogP contribution in [0.1, 0.15) is 12.5 Å². The number of benzene rings is 1. The largest absolute Gasteiger partial charge is 0.459 e. The van der Waals surface area contributed by atoms with Crippen molar-refractivity contribution in [1.29, 1.82) is 0 Å². The number of hydrogen-bond acceptors (Lipinski definition) is 5. The normalized spacial score (nSPS) is 9.95. The number of hydrogen-bond donors (Lipinski definition) is 0. The minimum Gasteiger partial charge on any atom is -0.459 e. The second-order valence-electron chi connectivity index (χ2n) is 3.76. The summed E-state index contributed by atoms with van der Waals surface area (Å²) in [5.74, 6) is -1.90. The molecule has 0 unspecified atom stereocenters. The van der Waals surface area contributed by atoms with Gasteiger partial charge in [-0.05, 0) is 18.0 Å². The van der Waals surface area contributed by atoms with E-state index >= 15 is 0 Å². The molecule has 0 aliphatic rings. The van der Waals surface area contributed by atoms with Crippen molar-refractivity contribution < 1.29 is 14.3 Å². The lowest BCUT2D eigenvalue weighted by Crippen LogP contribution is -2.35. The zero-order valence-electron chi connectivity index (χ0n) is 11.5. The second kappa shape index (κ2) is 9.11. The molecule has 0 saturated carbocycles. The van der Waals surface area contributed by atoms with Crippen LogP contribution in [0.2, 0.25) is 0 Å². The summed E-state index contributed by atoms with van der Waals surface area (Å²) < 4.78 is 4.64. The van der Waals surface area contributed by atoms with Gasteiger partial charge in [0.05, 0.1) is 19.4 Å². The van der Waals surface area contributed by atoms with Crippen LogP contribution in [0.4, 0.5) is 0 Å². The minimum atomic E-state index is -0.997. The van der Waals surface area contributed by atoms with Gasteiger partial charge in [-0.25, -0.2) is 9.80 Å². The summed E-state index contributed by atoms with van der Waals surface area (Å²) in [7, 11) is 0. The topological polar surface area (TPSA) is 108 Å². The third kappa shape index (κ3) is 5.75. The zero-order valence-corrected chi connectivity index (χ0v) is 11.5. The third-order valence-corrected chi connectivity index (χ3v) is 2.31. The number of esters is 1. The van der Waals surface area contributed by atoms with Gasteiger partial charge in [0, 0.05) is 11.5 Å². The number of rotatable bonds is 6. The number of azide groups is 1. The summed E-state index contributed by atoms with van der Waals surface area (Å²) in [6.45, 7) is 1.69. The molecule has 0 N–H and O–H groups in total. The average molecular weight is 289 g/mol. The molecule has 1 amide bonds. The van der Waals surface area contributed by atoms with Crippen LogP contribution in [0, 0.1) is 0 Å². The van der Waals surface area contributed by atoms with E-state index in [0.717, 1.165) is 10.6 Å². The van der Waals surface area contributed by atoms with Crippen LogP contribution in [-0.2, 0) is 14.3 Å². The first-order valence-corrected chi connectivity index (χ1v) is 6.27. The lowest BCUT2D eigenvalue weighted by Gasteiger charge is -2.14. The molecule has 0 atom stereocenters. The Morgan fingerprint density at radius 1 is 1.38 bits per heavy atom. The molecule has 0 fully saturated rings.